The van der Waals surface area contributed by atoms with E-state index >= 15 is 0 Å². The number of methoxy groups -OCH3 is 1. The number of hydrogen-bond acceptors (Lipinski definition) is 5. The Labute approximate surface area is 113 Å². The highest BCUT2D eigenvalue weighted by Crippen LogP contribution is 2.31. The van der Waals surface area contributed by atoms with Gasteiger partial charge < -0.3 is 15.2 Å². The molecule has 94 valence electrons. The van der Waals surface area contributed by atoms with Gasteiger partial charge in [0.25, 0.3) is 0 Å². The lowest BCUT2D eigenvalue weighted by Crippen LogP contribution is -1.97. The molecule has 2 rings (SSSR count). The van der Waals surface area contributed by atoms with E-state index in [-0.39, 0.29) is 5.75 Å². The van der Waals surface area contributed by atoms with Crippen LogP contribution in [-0.2, 0) is 0 Å². The molecule has 2 aromatic rings. The summed E-state index contributed by atoms with van der Waals surface area (Å²) in [6.07, 6.45) is 1.67. The number of phenolic OH excluding ortho intramolecular Hbond substituents is 1. The molecule has 0 bridgehead atoms. The van der Waals surface area contributed by atoms with Crippen LogP contribution >= 0.6 is 15.9 Å². The highest BCUT2D eigenvalue weighted by molar-refractivity contribution is 9.10. The van der Waals surface area contributed by atoms with E-state index in [2.05, 4.69) is 31.2 Å². The number of ether oxygens (including phenoxy) is 1. The first-order valence-corrected chi connectivity index (χ1v) is 6.02. The molecule has 0 atom stereocenters. The van der Waals surface area contributed by atoms with Crippen LogP contribution in [0.4, 0.5) is 5.82 Å². The van der Waals surface area contributed by atoms with Gasteiger partial charge in [0.2, 0.25) is 0 Å². The van der Waals surface area contributed by atoms with Crippen molar-refractivity contribution in [3.05, 3.63) is 28.9 Å². The zero-order valence-electron chi connectivity index (χ0n) is 9.94. The zero-order valence-corrected chi connectivity index (χ0v) is 11.5. The summed E-state index contributed by atoms with van der Waals surface area (Å²) in [7, 11) is 3.29. The molecule has 0 unspecified atom stereocenters. The van der Waals surface area contributed by atoms with Gasteiger partial charge in [-0.2, -0.15) is 0 Å². The second kappa shape index (κ2) is 5.22. The Balaban J connectivity index is 2.48. The van der Waals surface area contributed by atoms with Crippen molar-refractivity contribution in [2.45, 2.75) is 0 Å². The molecule has 0 aliphatic rings. The Hall–Kier alpha value is -1.82. The van der Waals surface area contributed by atoms with Gasteiger partial charge in [0.1, 0.15) is 5.82 Å². The summed E-state index contributed by atoms with van der Waals surface area (Å²) < 4.78 is 5.85. The third kappa shape index (κ3) is 2.38. The number of rotatable bonds is 3. The summed E-state index contributed by atoms with van der Waals surface area (Å²) in [6, 6.07) is 4.98. The lowest BCUT2D eigenvalue weighted by Gasteiger charge is -2.08. The zero-order chi connectivity index (χ0) is 13.1. The Morgan fingerprint density at radius 2 is 2.17 bits per heavy atom. The molecule has 2 N–H and O–H groups in total. The minimum atomic E-state index is 0.0900. The minimum absolute atomic E-state index is 0.0900. The highest BCUT2D eigenvalue weighted by atomic mass is 79.9. The molecule has 1 aromatic heterocycles. The van der Waals surface area contributed by atoms with Gasteiger partial charge >= 0.3 is 0 Å². The Morgan fingerprint density at radius 3 is 2.83 bits per heavy atom. The number of aromatic nitrogens is 2. The van der Waals surface area contributed by atoms with Gasteiger partial charge in [-0.3, -0.25) is 0 Å². The maximum absolute atomic E-state index is 9.54. The average molecular weight is 310 g/mol. The summed E-state index contributed by atoms with van der Waals surface area (Å²) in [5, 5.41) is 12.5. The molecule has 0 amide bonds. The van der Waals surface area contributed by atoms with Gasteiger partial charge in [-0.1, -0.05) is 0 Å². The van der Waals surface area contributed by atoms with Crippen LogP contribution in [0.25, 0.3) is 11.4 Å². The van der Waals surface area contributed by atoms with E-state index in [9.17, 15) is 5.11 Å². The van der Waals surface area contributed by atoms with Crippen LogP contribution in [0, 0.1) is 0 Å². The molecule has 1 aromatic carbocycles. The summed E-state index contributed by atoms with van der Waals surface area (Å²) in [5.74, 6) is 1.74. The van der Waals surface area contributed by atoms with Gasteiger partial charge in [-0.05, 0) is 34.1 Å². The van der Waals surface area contributed by atoms with Crippen molar-refractivity contribution < 1.29 is 9.84 Å². The van der Waals surface area contributed by atoms with Crippen LogP contribution in [0.5, 0.6) is 11.5 Å². The normalized spacial score (nSPS) is 10.2. The van der Waals surface area contributed by atoms with Gasteiger partial charge in [0, 0.05) is 18.8 Å². The van der Waals surface area contributed by atoms with Gasteiger partial charge in [0.15, 0.2) is 17.3 Å². The molecule has 5 nitrogen and oxygen atoms in total. The second-order valence-corrected chi connectivity index (χ2v) is 4.38. The SMILES string of the molecule is CNc1nc(-c2ccc(O)c(OC)c2)ncc1Br. The maximum Gasteiger partial charge on any atom is 0.161 e. The first kappa shape index (κ1) is 12.6. The summed E-state index contributed by atoms with van der Waals surface area (Å²) in [6.45, 7) is 0. The Kier molecular flexibility index (Phi) is 3.66. The minimum Gasteiger partial charge on any atom is -0.504 e. The van der Waals surface area contributed by atoms with Crippen molar-refractivity contribution in [1.82, 2.24) is 9.97 Å². The van der Waals surface area contributed by atoms with Crippen LogP contribution in [0.2, 0.25) is 0 Å². The molecule has 0 aliphatic heterocycles. The third-order valence-corrected chi connectivity index (χ3v) is 3.00. The maximum atomic E-state index is 9.54. The standard InChI is InChI=1S/C12H12BrN3O2/c1-14-12-8(13)6-15-11(16-12)7-3-4-9(17)10(5-7)18-2/h3-6,17H,1-2H3,(H,14,15,16). The van der Waals surface area contributed by atoms with E-state index in [0.717, 1.165) is 10.0 Å². The predicted molar refractivity (Wildman–Crippen MR) is 72.9 cm³/mol. The first-order valence-electron chi connectivity index (χ1n) is 5.23. The van der Waals surface area contributed by atoms with Crippen LogP contribution in [0.15, 0.2) is 28.9 Å². The third-order valence-electron chi connectivity index (χ3n) is 2.42. The summed E-state index contributed by atoms with van der Waals surface area (Å²) in [4.78, 5) is 8.59. The second-order valence-electron chi connectivity index (χ2n) is 3.53. The van der Waals surface area contributed by atoms with Crippen LogP contribution in [0.3, 0.4) is 0 Å². The topological polar surface area (TPSA) is 67.3 Å². The van der Waals surface area contributed by atoms with Crippen LogP contribution in [0.1, 0.15) is 0 Å². The number of nitrogens with zero attached hydrogens (tertiary/aromatic N) is 2. The quantitative estimate of drug-likeness (QED) is 0.912. The van der Waals surface area contributed by atoms with Crippen molar-refractivity contribution in [2.75, 3.05) is 19.5 Å². The number of hydrogen-bond donors (Lipinski definition) is 2. The number of phenols is 1. The summed E-state index contributed by atoms with van der Waals surface area (Å²) in [5.41, 5.74) is 0.772. The highest BCUT2D eigenvalue weighted by Gasteiger charge is 2.09. The van der Waals surface area contributed by atoms with Gasteiger partial charge in [0.05, 0.1) is 11.6 Å². The monoisotopic (exact) mass is 309 g/mol. The molecule has 6 heteroatoms. The Morgan fingerprint density at radius 1 is 1.39 bits per heavy atom. The number of aromatic hydroxyl groups is 1. The largest absolute Gasteiger partial charge is 0.504 e. The van der Waals surface area contributed by atoms with Crippen molar-refractivity contribution in [3.8, 4) is 22.9 Å². The molecule has 0 spiro atoms. The fraction of sp³-hybridized carbons (Fsp3) is 0.167. The smallest absolute Gasteiger partial charge is 0.161 e. The van der Waals surface area contributed by atoms with E-state index < -0.39 is 0 Å². The Bertz CT molecular complexity index is 524. The molecule has 18 heavy (non-hydrogen) atoms. The van der Waals surface area contributed by atoms with E-state index in [1.54, 1.807) is 31.4 Å². The number of benzene rings is 1. The van der Waals surface area contributed by atoms with E-state index in [1.165, 1.54) is 7.11 Å². The van der Waals surface area contributed by atoms with E-state index in [1.807, 2.05) is 0 Å². The molecule has 0 saturated carbocycles. The first-order chi connectivity index (χ1) is 8.65. The molecule has 0 radical (unpaired) electrons. The molecular weight excluding hydrogens is 298 g/mol. The van der Waals surface area contributed by atoms with Crippen molar-refractivity contribution in [1.29, 1.82) is 0 Å². The number of nitrogens with one attached hydrogen (secondary N) is 1. The van der Waals surface area contributed by atoms with Crippen molar-refractivity contribution in [2.24, 2.45) is 0 Å². The van der Waals surface area contributed by atoms with Crippen LogP contribution < -0.4 is 10.1 Å². The fourth-order valence-electron chi connectivity index (χ4n) is 1.50. The summed E-state index contributed by atoms with van der Waals surface area (Å²) >= 11 is 3.35. The molecular formula is C12H12BrN3O2. The van der Waals surface area contributed by atoms with Crippen molar-refractivity contribution in [3.63, 3.8) is 0 Å². The number of anilines is 1. The van der Waals surface area contributed by atoms with E-state index in [0.29, 0.717) is 17.4 Å². The van der Waals surface area contributed by atoms with Gasteiger partial charge in [-0.25, -0.2) is 9.97 Å². The molecule has 0 fully saturated rings. The molecule has 1 heterocycles. The molecule has 0 saturated heterocycles. The van der Waals surface area contributed by atoms with Gasteiger partial charge in [-0.15, -0.1) is 0 Å². The lowest BCUT2D eigenvalue weighted by atomic mass is 10.2. The predicted octanol–water partition coefficient (Wildman–Crippen LogP) is 2.66. The lowest BCUT2D eigenvalue weighted by molar-refractivity contribution is 0.373. The fourth-order valence-corrected chi connectivity index (χ4v) is 1.89. The van der Waals surface area contributed by atoms with E-state index in [4.69, 9.17) is 4.74 Å². The average Bonchev–Trinajstić information content (AvgIpc) is 2.40. The molecule has 0 aliphatic carbocycles. The van der Waals surface area contributed by atoms with Crippen LogP contribution in [-0.4, -0.2) is 29.2 Å². The van der Waals surface area contributed by atoms with Crippen molar-refractivity contribution >= 4 is 21.7 Å². The number of halogens is 1.